The minimum absolute atomic E-state index is 0.0169. The van der Waals surface area contributed by atoms with Crippen LogP contribution in [0.3, 0.4) is 0 Å². The minimum atomic E-state index is -5.08. The van der Waals surface area contributed by atoms with E-state index in [1.54, 1.807) is 0 Å². The summed E-state index contributed by atoms with van der Waals surface area (Å²) < 4.78 is 59.4. The van der Waals surface area contributed by atoms with Crippen molar-refractivity contribution in [1.82, 2.24) is 0 Å². The molecule has 0 aromatic carbocycles. The third-order valence-corrected chi connectivity index (χ3v) is 12.5. The molecule has 0 saturated carbocycles. The number of allylic oxidation sites excluding steroid dienone is 20. The molecule has 0 aliphatic carbocycles. The van der Waals surface area contributed by atoms with Gasteiger partial charge in [0.05, 0.1) is 19.8 Å². The Bertz CT molecular complexity index is 1740. The molecular formula is C61H100O12S. The summed E-state index contributed by atoms with van der Waals surface area (Å²) in [6.07, 6.45) is 63.6. The molecule has 74 heavy (non-hydrogen) atoms. The van der Waals surface area contributed by atoms with Crippen molar-refractivity contribution in [3.8, 4) is 0 Å². The Kier molecular flexibility index (Phi) is 46.6. The van der Waals surface area contributed by atoms with Crippen LogP contribution in [0.15, 0.2) is 122 Å². The van der Waals surface area contributed by atoms with Gasteiger partial charge in [-0.1, -0.05) is 206 Å². The number of unbranched alkanes of at least 4 members (excludes halogenated alkanes) is 15. The summed E-state index contributed by atoms with van der Waals surface area (Å²) in [6.45, 7) is 3.72. The zero-order valence-corrected chi connectivity index (χ0v) is 46.4. The molecule has 1 rings (SSSR count). The summed E-state index contributed by atoms with van der Waals surface area (Å²) >= 11 is 0. The molecule has 1 heterocycles. The van der Waals surface area contributed by atoms with E-state index in [1.807, 2.05) is 0 Å². The smallest absolute Gasteiger partial charge is 0.397 e. The van der Waals surface area contributed by atoms with E-state index in [0.717, 1.165) is 135 Å². The minimum Gasteiger partial charge on any atom is -0.457 e. The SMILES string of the molecule is CC/C=C\C/C=C\C/C=C\C/C=C\C/C=C\CCCCCCCCCCOCC(COC1OC(CO)C(O)C(OS(=O)(=O)O)C1O)OC(=O)CCCCCCCCC/C=C\C/C=C\C/C=C\C/C=C\C/C=C\CC. The number of esters is 1. The monoisotopic (exact) mass is 1060 g/mol. The molecule has 12 nitrogen and oxygen atoms in total. The second kappa shape index (κ2) is 50.3. The Balaban J connectivity index is 2.35. The molecule has 1 saturated heterocycles. The molecule has 13 heteroatoms. The number of rotatable bonds is 48. The summed E-state index contributed by atoms with van der Waals surface area (Å²) in [5.74, 6) is -0.418. The molecule has 0 bridgehead atoms. The van der Waals surface area contributed by atoms with E-state index < -0.39 is 59.8 Å². The lowest BCUT2D eigenvalue weighted by Gasteiger charge is -2.41. The first-order valence-corrected chi connectivity index (χ1v) is 29.7. The average Bonchev–Trinajstić information content (AvgIpc) is 3.38. The molecule has 6 unspecified atom stereocenters. The molecule has 0 spiro atoms. The lowest BCUT2D eigenvalue weighted by atomic mass is 9.99. The first kappa shape index (κ1) is 68.5. The molecule has 422 valence electrons. The third-order valence-electron chi connectivity index (χ3n) is 12.1. The van der Waals surface area contributed by atoms with E-state index >= 15 is 0 Å². The number of aliphatic hydroxyl groups is 3. The molecule has 0 aromatic heterocycles. The number of hydrogen-bond acceptors (Lipinski definition) is 11. The highest BCUT2D eigenvalue weighted by Crippen LogP contribution is 2.26. The maximum atomic E-state index is 13.0. The maximum Gasteiger partial charge on any atom is 0.397 e. The Morgan fingerprint density at radius 2 is 0.892 bits per heavy atom. The van der Waals surface area contributed by atoms with E-state index in [1.165, 1.54) is 32.1 Å². The van der Waals surface area contributed by atoms with Gasteiger partial charge in [0.25, 0.3) is 0 Å². The largest absolute Gasteiger partial charge is 0.457 e. The van der Waals surface area contributed by atoms with Gasteiger partial charge in [0.1, 0.15) is 30.5 Å². The van der Waals surface area contributed by atoms with Crippen LogP contribution in [0.5, 0.6) is 0 Å². The molecule has 4 N–H and O–H groups in total. The highest BCUT2D eigenvalue weighted by molar-refractivity contribution is 7.80. The normalized spacial score (nSPS) is 19.7. The van der Waals surface area contributed by atoms with Crippen LogP contribution < -0.4 is 0 Å². The lowest BCUT2D eigenvalue weighted by Crippen LogP contribution is -2.60. The van der Waals surface area contributed by atoms with Crippen LogP contribution in [0.1, 0.15) is 194 Å². The number of carbonyl (C=O) groups is 1. The van der Waals surface area contributed by atoms with Gasteiger partial charge in [0, 0.05) is 13.0 Å². The van der Waals surface area contributed by atoms with Crippen molar-refractivity contribution in [3.63, 3.8) is 0 Å². The first-order chi connectivity index (χ1) is 36.1. The Labute approximate surface area is 449 Å². The highest BCUT2D eigenvalue weighted by atomic mass is 32.3. The summed E-state index contributed by atoms with van der Waals surface area (Å²) in [5.41, 5.74) is 0. The highest BCUT2D eigenvalue weighted by Gasteiger charge is 2.48. The van der Waals surface area contributed by atoms with E-state index in [2.05, 4.69) is 140 Å². The van der Waals surface area contributed by atoms with Crippen molar-refractivity contribution in [2.24, 2.45) is 0 Å². The molecule has 1 fully saturated rings. The van der Waals surface area contributed by atoms with Crippen LogP contribution in [0.4, 0.5) is 0 Å². The second-order valence-corrected chi connectivity index (χ2v) is 19.8. The van der Waals surface area contributed by atoms with E-state index in [-0.39, 0.29) is 19.6 Å². The van der Waals surface area contributed by atoms with Crippen LogP contribution in [0, 0.1) is 0 Å². The zero-order chi connectivity index (χ0) is 53.8. The summed E-state index contributed by atoms with van der Waals surface area (Å²) in [6, 6.07) is 0. The lowest BCUT2D eigenvalue weighted by molar-refractivity contribution is -0.301. The summed E-state index contributed by atoms with van der Waals surface area (Å²) in [7, 11) is -5.08. The molecule has 1 aliphatic rings. The van der Waals surface area contributed by atoms with Crippen molar-refractivity contribution in [3.05, 3.63) is 122 Å². The molecular weight excluding hydrogens is 957 g/mol. The van der Waals surface area contributed by atoms with Crippen LogP contribution in [-0.2, 0) is 38.3 Å². The van der Waals surface area contributed by atoms with Gasteiger partial charge in [0.15, 0.2) is 6.29 Å². The number of carbonyl (C=O) groups excluding carboxylic acids is 1. The standard InChI is InChI=1S/C61H100O12S/c1-3-5-7-9-11-13-15-17-19-21-23-25-27-29-31-33-35-37-39-41-43-45-47-49-51-69-53-55(54-70-61-59(65)60(73-74(66,67)68)58(64)56(52-62)72-61)71-57(63)50-48-46-44-42-40-38-36-34-32-30-28-26-24-22-20-18-16-14-12-10-8-6-4-2/h5-8,11-14,17-20,23-26,29-32,55-56,58-62,64-65H,3-4,9-10,15-16,21-22,27-28,33-54H2,1-2H3,(H,66,67,68)/b7-5-,8-6-,13-11-,14-12-,19-17-,20-18-,25-23-,26-24-,31-29-,32-30-. The van der Waals surface area contributed by atoms with E-state index in [4.69, 9.17) is 18.9 Å². The fraction of sp³-hybridized carbons (Fsp3) is 0.656. The maximum absolute atomic E-state index is 13.0. The molecule has 0 radical (unpaired) electrons. The number of aliphatic hydroxyl groups excluding tert-OH is 3. The number of ether oxygens (including phenoxy) is 4. The van der Waals surface area contributed by atoms with Crippen molar-refractivity contribution in [1.29, 1.82) is 0 Å². The van der Waals surface area contributed by atoms with Crippen molar-refractivity contribution in [2.75, 3.05) is 26.4 Å². The van der Waals surface area contributed by atoms with Gasteiger partial charge in [-0.15, -0.1) is 0 Å². The van der Waals surface area contributed by atoms with Gasteiger partial charge >= 0.3 is 16.4 Å². The van der Waals surface area contributed by atoms with Crippen LogP contribution in [0.2, 0.25) is 0 Å². The molecule has 0 aromatic rings. The van der Waals surface area contributed by atoms with Gasteiger partial charge in [-0.05, 0) is 103 Å². The fourth-order valence-electron chi connectivity index (χ4n) is 7.90. The van der Waals surface area contributed by atoms with Crippen molar-refractivity contribution < 1.29 is 56.2 Å². The third kappa shape index (κ3) is 42.7. The molecule has 0 amide bonds. The topological polar surface area (TPSA) is 178 Å². The predicted octanol–water partition coefficient (Wildman–Crippen LogP) is 14.1. The summed E-state index contributed by atoms with van der Waals surface area (Å²) in [5, 5.41) is 30.8. The van der Waals surface area contributed by atoms with Crippen molar-refractivity contribution >= 4 is 16.4 Å². The Hall–Kier alpha value is -3.50. The van der Waals surface area contributed by atoms with Crippen LogP contribution in [-0.4, -0.2) is 97.5 Å². The number of hydrogen-bond donors (Lipinski definition) is 4. The fourth-order valence-corrected chi connectivity index (χ4v) is 8.41. The van der Waals surface area contributed by atoms with Gasteiger partial charge < -0.3 is 34.3 Å². The first-order valence-electron chi connectivity index (χ1n) is 28.3. The predicted molar refractivity (Wildman–Crippen MR) is 303 cm³/mol. The average molecular weight is 1060 g/mol. The Morgan fingerprint density at radius 1 is 0.514 bits per heavy atom. The van der Waals surface area contributed by atoms with Gasteiger partial charge in [-0.25, -0.2) is 4.18 Å². The summed E-state index contributed by atoms with van der Waals surface area (Å²) in [4.78, 5) is 13.0. The second-order valence-electron chi connectivity index (χ2n) is 18.8. The van der Waals surface area contributed by atoms with Crippen molar-refractivity contribution in [2.45, 2.75) is 230 Å². The zero-order valence-electron chi connectivity index (χ0n) is 45.6. The Morgan fingerprint density at radius 3 is 1.30 bits per heavy atom. The van der Waals surface area contributed by atoms with Gasteiger partial charge in [-0.3, -0.25) is 9.35 Å². The molecule has 6 atom stereocenters. The van der Waals surface area contributed by atoms with Crippen LogP contribution >= 0.6 is 0 Å². The quantitative estimate of drug-likeness (QED) is 0.0196. The van der Waals surface area contributed by atoms with E-state index in [0.29, 0.717) is 13.0 Å². The molecule has 1 aliphatic heterocycles. The van der Waals surface area contributed by atoms with Gasteiger partial charge in [0.2, 0.25) is 0 Å². The van der Waals surface area contributed by atoms with Crippen LogP contribution in [0.25, 0.3) is 0 Å². The van der Waals surface area contributed by atoms with E-state index in [9.17, 15) is 33.1 Å². The van der Waals surface area contributed by atoms with Gasteiger partial charge in [-0.2, -0.15) is 8.42 Å².